The maximum absolute atomic E-state index is 8.36. The topological polar surface area (TPSA) is 20.2 Å². The second-order valence-corrected chi connectivity index (χ2v) is 2.15. The Bertz CT molecular complexity index is 103. The van der Waals surface area contributed by atoms with Crippen LogP contribution < -0.4 is 0 Å². The summed E-state index contributed by atoms with van der Waals surface area (Å²) in [6, 6.07) is 0. The van der Waals surface area contributed by atoms with E-state index in [1.165, 1.54) is 6.42 Å². The highest BCUT2D eigenvalue weighted by atomic mass is 16.2. The van der Waals surface area contributed by atoms with Crippen LogP contribution in [-0.4, -0.2) is 11.7 Å². The van der Waals surface area contributed by atoms with Gasteiger partial charge in [0.2, 0.25) is 0 Å². The normalized spacial score (nSPS) is 11.8. The van der Waals surface area contributed by atoms with Crippen LogP contribution in [0.15, 0.2) is 24.3 Å². The van der Waals surface area contributed by atoms with Gasteiger partial charge in [-0.15, -0.1) is 0 Å². The van der Waals surface area contributed by atoms with Crippen LogP contribution in [0.2, 0.25) is 0 Å². The Balaban J connectivity index is 3.09. The van der Waals surface area contributed by atoms with Crippen LogP contribution in [0.25, 0.3) is 0 Å². The molecule has 0 saturated carbocycles. The summed E-state index contributed by atoms with van der Waals surface area (Å²) >= 11 is 0. The Morgan fingerprint density at radius 1 is 1.10 bits per heavy atom. The van der Waals surface area contributed by atoms with E-state index in [1.807, 2.05) is 6.08 Å². The van der Waals surface area contributed by atoms with Gasteiger partial charge in [-0.05, 0) is 12.8 Å². The van der Waals surface area contributed by atoms with E-state index in [0.29, 0.717) is 0 Å². The third-order valence-corrected chi connectivity index (χ3v) is 1.17. The molecule has 0 aromatic carbocycles. The SMILES string of the molecule is CCCC=CCC=CCO. The molecule has 0 fully saturated rings. The highest BCUT2D eigenvalue weighted by Gasteiger charge is 1.72. The van der Waals surface area contributed by atoms with E-state index in [2.05, 4.69) is 19.1 Å². The first-order valence-electron chi connectivity index (χ1n) is 3.82. The zero-order valence-electron chi connectivity index (χ0n) is 6.59. The van der Waals surface area contributed by atoms with Gasteiger partial charge in [0.25, 0.3) is 0 Å². The lowest BCUT2D eigenvalue weighted by Gasteiger charge is -1.83. The molecule has 58 valence electrons. The van der Waals surface area contributed by atoms with Crippen molar-refractivity contribution < 1.29 is 5.11 Å². The third kappa shape index (κ3) is 7.44. The van der Waals surface area contributed by atoms with Gasteiger partial charge in [0, 0.05) is 0 Å². The molecule has 0 spiro atoms. The lowest BCUT2D eigenvalue weighted by molar-refractivity contribution is 0.342. The van der Waals surface area contributed by atoms with E-state index >= 15 is 0 Å². The summed E-state index contributed by atoms with van der Waals surface area (Å²) < 4.78 is 0. The molecule has 0 saturated heterocycles. The number of hydrogen-bond acceptors (Lipinski definition) is 1. The number of hydrogen-bond donors (Lipinski definition) is 1. The van der Waals surface area contributed by atoms with Gasteiger partial charge in [0.05, 0.1) is 6.61 Å². The monoisotopic (exact) mass is 140 g/mol. The number of allylic oxidation sites excluding steroid dienone is 3. The maximum atomic E-state index is 8.36. The van der Waals surface area contributed by atoms with Crippen LogP contribution in [0, 0.1) is 0 Å². The number of aliphatic hydroxyl groups is 1. The average molecular weight is 140 g/mol. The molecule has 1 N–H and O–H groups in total. The lowest BCUT2D eigenvalue weighted by Crippen LogP contribution is -1.69. The van der Waals surface area contributed by atoms with Gasteiger partial charge in [-0.25, -0.2) is 0 Å². The molecule has 0 radical (unpaired) electrons. The molecule has 0 aliphatic heterocycles. The Morgan fingerprint density at radius 2 is 1.80 bits per heavy atom. The Hall–Kier alpha value is -0.560. The quantitative estimate of drug-likeness (QED) is 0.581. The summed E-state index contributed by atoms with van der Waals surface area (Å²) in [6.45, 7) is 2.32. The fraction of sp³-hybridized carbons (Fsp3) is 0.556. The van der Waals surface area contributed by atoms with Crippen LogP contribution >= 0.6 is 0 Å². The fourth-order valence-corrected chi connectivity index (χ4v) is 0.630. The van der Waals surface area contributed by atoms with Crippen LogP contribution in [0.5, 0.6) is 0 Å². The van der Waals surface area contributed by atoms with E-state index in [-0.39, 0.29) is 6.61 Å². The minimum atomic E-state index is 0.154. The van der Waals surface area contributed by atoms with Crippen molar-refractivity contribution in [1.29, 1.82) is 0 Å². The minimum absolute atomic E-state index is 0.154. The van der Waals surface area contributed by atoms with Crippen LogP contribution in [-0.2, 0) is 0 Å². The lowest BCUT2D eigenvalue weighted by atomic mass is 10.3. The Kier molecular flexibility index (Phi) is 7.97. The summed E-state index contributed by atoms with van der Waals surface area (Å²) in [5.74, 6) is 0. The number of aliphatic hydroxyl groups excluding tert-OH is 1. The molecule has 0 atom stereocenters. The summed E-state index contributed by atoms with van der Waals surface area (Å²) in [5.41, 5.74) is 0. The van der Waals surface area contributed by atoms with Crippen molar-refractivity contribution in [2.75, 3.05) is 6.61 Å². The van der Waals surface area contributed by atoms with Crippen LogP contribution in [0.3, 0.4) is 0 Å². The van der Waals surface area contributed by atoms with Crippen LogP contribution in [0.4, 0.5) is 0 Å². The molecule has 0 aliphatic rings. The van der Waals surface area contributed by atoms with E-state index in [4.69, 9.17) is 5.11 Å². The van der Waals surface area contributed by atoms with Crippen molar-refractivity contribution in [1.82, 2.24) is 0 Å². The predicted molar refractivity (Wildman–Crippen MR) is 44.9 cm³/mol. The fourth-order valence-electron chi connectivity index (χ4n) is 0.630. The Morgan fingerprint density at radius 3 is 2.40 bits per heavy atom. The van der Waals surface area contributed by atoms with Gasteiger partial charge in [-0.2, -0.15) is 0 Å². The van der Waals surface area contributed by atoms with Gasteiger partial charge < -0.3 is 5.11 Å². The van der Waals surface area contributed by atoms with Crippen molar-refractivity contribution in [3.63, 3.8) is 0 Å². The average Bonchev–Trinajstić information content (AvgIpc) is 1.97. The summed E-state index contributed by atoms with van der Waals surface area (Å²) in [7, 11) is 0. The maximum Gasteiger partial charge on any atom is 0.0612 e. The van der Waals surface area contributed by atoms with Gasteiger partial charge in [-0.3, -0.25) is 0 Å². The first-order valence-corrected chi connectivity index (χ1v) is 3.82. The third-order valence-electron chi connectivity index (χ3n) is 1.17. The van der Waals surface area contributed by atoms with E-state index in [9.17, 15) is 0 Å². The highest BCUT2D eigenvalue weighted by molar-refractivity contribution is 4.92. The molecule has 10 heavy (non-hydrogen) atoms. The first-order chi connectivity index (χ1) is 4.91. The zero-order valence-corrected chi connectivity index (χ0v) is 6.59. The number of rotatable bonds is 5. The van der Waals surface area contributed by atoms with Gasteiger partial charge in [-0.1, -0.05) is 37.6 Å². The van der Waals surface area contributed by atoms with E-state index in [0.717, 1.165) is 12.8 Å². The van der Waals surface area contributed by atoms with Crippen LogP contribution in [0.1, 0.15) is 26.2 Å². The molecule has 0 heterocycles. The zero-order chi connectivity index (χ0) is 7.66. The summed E-state index contributed by atoms with van der Waals surface area (Å²) in [6.07, 6.45) is 11.3. The highest BCUT2D eigenvalue weighted by Crippen LogP contribution is 1.91. The molecule has 0 aliphatic carbocycles. The second kappa shape index (κ2) is 8.44. The van der Waals surface area contributed by atoms with Crippen molar-refractivity contribution in [2.45, 2.75) is 26.2 Å². The second-order valence-electron chi connectivity index (χ2n) is 2.15. The summed E-state index contributed by atoms with van der Waals surface area (Å²) in [5, 5.41) is 8.36. The van der Waals surface area contributed by atoms with Crippen molar-refractivity contribution in [3.05, 3.63) is 24.3 Å². The van der Waals surface area contributed by atoms with Crippen molar-refractivity contribution in [2.24, 2.45) is 0 Å². The molecule has 0 bridgehead atoms. The van der Waals surface area contributed by atoms with Crippen molar-refractivity contribution in [3.8, 4) is 0 Å². The van der Waals surface area contributed by atoms with Gasteiger partial charge >= 0.3 is 0 Å². The molecule has 0 amide bonds. The molecular weight excluding hydrogens is 124 g/mol. The first kappa shape index (κ1) is 9.44. The molecule has 1 heteroatoms. The van der Waals surface area contributed by atoms with Gasteiger partial charge in [0.1, 0.15) is 0 Å². The minimum Gasteiger partial charge on any atom is -0.392 e. The van der Waals surface area contributed by atoms with Gasteiger partial charge in [0.15, 0.2) is 0 Å². The molecule has 1 nitrogen and oxygen atoms in total. The van der Waals surface area contributed by atoms with E-state index < -0.39 is 0 Å². The molecule has 0 rings (SSSR count). The number of unbranched alkanes of at least 4 members (excludes halogenated alkanes) is 1. The molecular formula is C9H16O. The predicted octanol–water partition coefficient (Wildman–Crippen LogP) is 2.28. The van der Waals surface area contributed by atoms with Crippen molar-refractivity contribution >= 4 is 0 Å². The standard InChI is InChI=1S/C9H16O/c1-2-3-4-5-6-7-8-9-10/h4-5,7-8,10H,2-3,6,9H2,1H3. The van der Waals surface area contributed by atoms with E-state index in [1.54, 1.807) is 6.08 Å². The molecule has 0 aromatic heterocycles. The largest absolute Gasteiger partial charge is 0.392 e. The Labute approximate surface area is 63.1 Å². The smallest absolute Gasteiger partial charge is 0.0612 e. The summed E-state index contributed by atoms with van der Waals surface area (Å²) in [4.78, 5) is 0. The molecule has 0 unspecified atom stereocenters. The molecule has 0 aromatic rings.